The molecule has 26 heavy (non-hydrogen) atoms. The van der Waals surface area contributed by atoms with E-state index in [-0.39, 0.29) is 23.1 Å². The second kappa shape index (κ2) is 9.22. The van der Waals surface area contributed by atoms with E-state index in [0.29, 0.717) is 31.9 Å². The van der Waals surface area contributed by atoms with Crippen LogP contribution in [0.5, 0.6) is 0 Å². The number of hydrogen-bond donors (Lipinski definition) is 1. The van der Waals surface area contributed by atoms with Crippen molar-refractivity contribution in [1.82, 2.24) is 14.5 Å². The summed E-state index contributed by atoms with van der Waals surface area (Å²) < 4.78 is 31.3. The molecule has 0 aliphatic carbocycles. The van der Waals surface area contributed by atoms with Crippen molar-refractivity contribution in [3.05, 3.63) is 29.8 Å². The first-order chi connectivity index (χ1) is 12.3. The molecule has 0 bridgehead atoms. The molecule has 144 valence electrons. The number of likely N-dealkylation sites (N-methyl/N-ethyl adjacent to an activating group) is 1. The van der Waals surface area contributed by atoms with Crippen LogP contribution in [0, 0.1) is 0 Å². The lowest BCUT2D eigenvalue weighted by Crippen LogP contribution is -2.43. The van der Waals surface area contributed by atoms with Crippen LogP contribution >= 0.6 is 0 Å². The molecule has 1 saturated heterocycles. The van der Waals surface area contributed by atoms with Gasteiger partial charge in [0.15, 0.2) is 5.78 Å². The minimum Gasteiger partial charge on any atom is -0.379 e. The van der Waals surface area contributed by atoms with Crippen molar-refractivity contribution in [2.24, 2.45) is 0 Å². The molecule has 0 atom stereocenters. The second-order valence-corrected chi connectivity index (χ2v) is 8.19. The van der Waals surface area contributed by atoms with Crippen molar-refractivity contribution in [2.75, 3.05) is 53.0 Å². The van der Waals surface area contributed by atoms with Crippen molar-refractivity contribution < 1.29 is 22.7 Å². The van der Waals surface area contributed by atoms with E-state index < -0.39 is 10.0 Å². The summed E-state index contributed by atoms with van der Waals surface area (Å²) in [4.78, 5) is 25.5. The zero-order valence-corrected chi connectivity index (χ0v) is 15.9. The second-order valence-electron chi connectivity index (χ2n) is 6.15. The lowest BCUT2D eigenvalue weighted by atomic mass is 10.2. The van der Waals surface area contributed by atoms with Gasteiger partial charge < -0.3 is 10.1 Å². The summed E-state index contributed by atoms with van der Waals surface area (Å²) in [6, 6.07) is 5.68. The van der Waals surface area contributed by atoms with Crippen LogP contribution in [0.1, 0.15) is 17.3 Å². The van der Waals surface area contributed by atoms with Crippen LogP contribution in [0.2, 0.25) is 0 Å². The number of nitrogens with one attached hydrogen (secondary N) is 1. The van der Waals surface area contributed by atoms with Crippen molar-refractivity contribution in [2.45, 2.75) is 11.8 Å². The molecule has 9 heteroatoms. The predicted molar refractivity (Wildman–Crippen MR) is 96.5 cm³/mol. The quantitative estimate of drug-likeness (QED) is 0.633. The molecule has 0 saturated carbocycles. The van der Waals surface area contributed by atoms with Gasteiger partial charge in [-0.15, -0.1) is 0 Å². The first kappa shape index (κ1) is 20.5. The Morgan fingerprint density at radius 1 is 1.19 bits per heavy atom. The fourth-order valence-corrected chi connectivity index (χ4v) is 3.69. The Hall–Kier alpha value is -1.81. The van der Waals surface area contributed by atoms with Gasteiger partial charge in [-0.2, -0.15) is 4.31 Å². The first-order valence-electron chi connectivity index (χ1n) is 8.45. The summed E-state index contributed by atoms with van der Waals surface area (Å²) in [6.45, 7) is 5.37. The molecule has 0 unspecified atom stereocenters. The number of Topliss-reactive ketones (excluding diaryl/α,β-unsaturated/α-hetero) is 1. The number of ether oxygens (including phenoxy) is 1. The van der Waals surface area contributed by atoms with Crippen molar-refractivity contribution >= 4 is 21.7 Å². The Kier molecular flexibility index (Phi) is 7.27. The number of ketones is 1. The molecule has 1 fully saturated rings. The molecule has 1 amide bonds. The van der Waals surface area contributed by atoms with Gasteiger partial charge in [0.05, 0.1) is 24.7 Å². The van der Waals surface area contributed by atoms with E-state index in [4.69, 9.17) is 4.74 Å². The average molecular weight is 383 g/mol. The molecular weight excluding hydrogens is 358 g/mol. The van der Waals surface area contributed by atoms with Crippen LogP contribution in [-0.2, 0) is 19.6 Å². The van der Waals surface area contributed by atoms with Crippen LogP contribution in [0.4, 0.5) is 0 Å². The molecule has 8 nitrogen and oxygen atoms in total. The van der Waals surface area contributed by atoms with E-state index >= 15 is 0 Å². The zero-order chi connectivity index (χ0) is 19.2. The van der Waals surface area contributed by atoms with Gasteiger partial charge in [-0.25, -0.2) is 8.42 Å². The Bertz CT molecular complexity index is 727. The number of morpholine rings is 1. The van der Waals surface area contributed by atoms with Crippen LogP contribution in [0.15, 0.2) is 29.2 Å². The van der Waals surface area contributed by atoms with E-state index in [1.54, 1.807) is 0 Å². The Labute approximate surface area is 154 Å². The summed E-state index contributed by atoms with van der Waals surface area (Å²) in [6.07, 6.45) is 0. The van der Waals surface area contributed by atoms with Crippen LogP contribution in [-0.4, -0.2) is 82.3 Å². The standard InChI is InChI=1S/C17H25N3O5S/c1-14(21)15-3-5-16(6-4-15)26(23,24)19(2)13-17(22)18-7-8-20-9-11-25-12-10-20/h3-6H,7-13H2,1-2H3,(H,18,22). The van der Waals surface area contributed by atoms with Gasteiger partial charge in [-0.1, -0.05) is 12.1 Å². The molecule has 0 radical (unpaired) electrons. The summed E-state index contributed by atoms with van der Waals surface area (Å²) in [7, 11) is -2.43. The Balaban J connectivity index is 1.85. The van der Waals surface area contributed by atoms with Gasteiger partial charge in [0.25, 0.3) is 0 Å². The molecule has 1 N–H and O–H groups in total. The Morgan fingerprint density at radius 2 is 1.81 bits per heavy atom. The van der Waals surface area contributed by atoms with E-state index in [2.05, 4.69) is 10.2 Å². The smallest absolute Gasteiger partial charge is 0.243 e. The number of hydrogen-bond acceptors (Lipinski definition) is 6. The van der Waals surface area contributed by atoms with Crippen molar-refractivity contribution in [3.63, 3.8) is 0 Å². The number of rotatable bonds is 8. The monoisotopic (exact) mass is 383 g/mol. The SMILES string of the molecule is CC(=O)c1ccc(S(=O)(=O)N(C)CC(=O)NCCN2CCOCC2)cc1. The normalized spacial score (nSPS) is 15.8. The fraction of sp³-hybridized carbons (Fsp3) is 0.529. The molecule has 1 aromatic rings. The number of benzene rings is 1. The predicted octanol–water partition coefficient (Wildman–Crippen LogP) is -0.0419. The zero-order valence-electron chi connectivity index (χ0n) is 15.1. The summed E-state index contributed by atoms with van der Waals surface area (Å²) in [5.74, 6) is -0.494. The maximum atomic E-state index is 12.5. The van der Waals surface area contributed by atoms with Gasteiger partial charge in [0.2, 0.25) is 15.9 Å². The number of carbonyl (C=O) groups excluding carboxylic acids is 2. The minimum absolute atomic E-state index is 0.0473. The molecule has 2 rings (SSSR count). The third-order valence-electron chi connectivity index (χ3n) is 4.19. The highest BCUT2D eigenvalue weighted by Gasteiger charge is 2.23. The lowest BCUT2D eigenvalue weighted by Gasteiger charge is -2.26. The van der Waals surface area contributed by atoms with Crippen molar-refractivity contribution in [1.29, 1.82) is 0 Å². The molecule has 1 aliphatic heterocycles. The van der Waals surface area contributed by atoms with E-state index in [1.807, 2.05) is 0 Å². The minimum atomic E-state index is -3.79. The number of nitrogens with zero attached hydrogens (tertiary/aromatic N) is 2. The summed E-state index contributed by atoms with van der Waals surface area (Å²) in [5, 5.41) is 2.74. The molecule has 0 spiro atoms. The van der Waals surface area contributed by atoms with Crippen LogP contribution in [0.3, 0.4) is 0 Å². The Morgan fingerprint density at radius 3 is 2.38 bits per heavy atom. The highest BCUT2D eigenvalue weighted by atomic mass is 32.2. The van der Waals surface area contributed by atoms with Gasteiger partial charge >= 0.3 is 0 Å². The topological polar surface area (TPSA) is 96.0 Å². The highest BCUT2D eigenvalue weighted by Crippen LogP contribution is 2.15. The van der Waals surface area contributed by atoms with Crippen LogP contribution in [0.25, 0.3) is 0 Å². The largest absolute Gasteiger partial charge is 0.379 e. The average Bonchev–Trinajstić information content (AvgIpc) is 2.62. The van der Waals surface area contributed by atoms with Gasteiger partial charge in [-0.05, 0) is 19.1 Å². The highest BCUT2D eigenvalue weighted by molar-refractivity contribution is 7.89. The van der Waals surface area contributed by atoms with E-state index in [9.17, 15) is 18.0 Å². The molecule has 1 aromatic carbocycles. The van der Waals surface area contributed by atoms with Gasteiger partial charge in [0, 0.05) is 38.8 Å². The lowest BCUT2D eigenvalue weighted by molar-refractivity contribution is -0.121. The summed E-state index contributed by atoms with van der Waals surface area (Å²) in [5.41, 5.74) is 0.437. The van der Waals surface area contributed by atoms with Crippen molar-refractivity contribution in [3.8, 4) is 0 Å². The number of carbonyl (C=O) groups is 2. The van der Waals surface area contributed by atoms with E-state index in [0.717, 1.165) is 17.4 Å². The number of amides is 1. The fourth-order valence-electron chi connectivity index (χ4n) is 2.56. The molecule has 1 aliphatic rings. The first-order valence-corrected chi connectivity index (χ1v) is 9.89. The van der Waals surface area contributed by atoms with Crippen LogP contribution < -0.4 is 5.32 Å². The molecule has 0 aromatic heterocycles. The van der Waals surface area contributed by atoms with E-state index in [1.165, 1.54) is 38.2 Å². The summed E-state index contributed by atoms with van der Waals surface area (Å²) >= 11 is 0. The van der Waals surface area contributed by atoms with Gasteiger partial charge in [-0.3, -0.25) is 14.5 Å². The third-order valence-corrected chi connectivity index (χ3v) is 6.01. The third kappa shape index (κ3) is 5.60. The number of sulfonamides is 1. The maximum Gasteiger partial charge on any atom is 0.243 e. The molecule has 1 heterocycles. The van der Waals surface area contributed by atoms with Gasteiger partial charge in [0.1, 0.15) is 0 Å². The maximum absolute atomic E-state index is 12.5. The molecular formula is C17H25N3O5S.